The molecule has 36 heteroatoms. The van der Waals surface area contributed by atoms with Gasteiger partial charge in [0.25, 0.3) is 0 Å². The Labute approximate surface area is 407 Å². The lowest BCUT2D eigenvalue weighted by Gasteiger charge is -2.30. The minimum absolute atomic E-state index is 0.00738. The molecule has 0 spiro atoms. The number of aliphatic carboxylic acids is 1. The highest BCUT2D eigenvalue weighted by Crippen LogP contribution is 2.61. The van der Waals surface area contributed by atoms with Crippen LogP contribution in [0.2, 0.25) is 0 Å². The van der Waals surface area contributed by atoms with Crippen LogP contribution in [0, 0.1) is 5.41 Å². The molecule has 0 saturated carbocycles. The Morgan fingerprint density at radius 1 is 1.00 bits per heavy atom. The maximum absolute atomic E-state index is 12.7. The van der Waals surface area contributed by atoms with Gasteiger partial charge in [0.15, 0.2) is 17.7 Å². The number of thiol groups is 1. The molecule has 1 saturated heterocycles. The van der Waals surface area contributed by atoms with Crippen molar-refractivity contribution in [2.24, 2.45) is 11.1 Å². The SMILES string of the molecule is C=CC(NC(=O)C(CS)NC(=O)CCCC(N)C(=O)SCCNC(=O)CCNC(=O)C(O)C(C)(C)COP(=O)(O)OP(=O)(O)OCC1OC(n2cnc3c(N)ncnc32)C(O)C1OP(=O)(O)O)C(=O)O. The fourth-order valence-corrected chi connectivity index (χ4v) is 9.75. The van der Waals surface area contributed by atoms with Gasteiger partial charge in [-0.05, 0) is 12.8 Å². The second-order valence-corrected chi connectivity index (χ2v) is 21.3. The van der Waals surface area contributed by atoms with E-state index in [2.05, 4.69) is 64.3 Å². The molecule has 2 aromatic rings. The van der Waals surface area contributed by atoms with Crippen molar-refractivity contribution in [2.75, 3.05) is 43.5 Å². The van der Waals surface area contributed by atoms with Crippen LogP contribution in [0.1, 0.15) is 45.8 Å². The van der Waals surface area contributed by atoms with Crippen LogP contribution in [-0.4, -0.2) is 169 Å². The second kappa shape index (κ2) is 26.6. The Hall–Kier alpha value is -3.98. The molecule has 1 fully saturated rings. The van der Waals surface area contributed by atoms with Crippen molar-refractivity contribution in [2.45, 2.75) is 88.3 Å². The first kappa shape index (κ1) is 60.3. The minimum atomic E-state index is -5.62. The molecule has 10 unspecified atom stereocenters. The molecule has 0 aromatic carbocycles. The van der Waals surface area contributed by atoms with Crippen LogP contribution in [0.4, 0.5) is 5.82 Å². The molecule has 3 heterocycles. The maximum atomic E-state index is 12.7. The van der Waals surface area contributed by atoms with E-state index in [9.17, 15) is 72.2 Å². The van der Waals surface area contributed by atoms with E-state index in [1.807, 2.05) is 0 Å². The van der Waals surface area contributed by atoms with E-state index >= 15 is 0 Å². The molecular formula is C34H55N10O21P3S2. The zero-order chi connectivity index (χ0) is 52.8. The number of nitrogens with one attached hydrogen (secondary N) is 4. The highest BCUT2D eigenvalue weighted by molar-refractivity contribution is 8.13. The number of phosphoric ester groups is 3. The molecule has 394 valence electrons. The average molecular weight is 1100 g/mol. The molecule has 15 N–H and O–H groups in total. The number of phosphoric acid groups is 3. The third-order valence-corrected chi connectivity index (χ3v) is 14.1. The largest absolute Gasteiger partial charge is 0.481 e. The number of nitrogens with two attached hydrogens (primary N) is 2. The van der Waals surface area contributed by atoms with Gasteiger partial charge in [-0.3, -0.25) is 42.1 Å². The van der Waals surface area contributed by atoms with Gasteiger partial charge < -0.3 is 72.4 Å². The standard InChI is InChI=1S/C34H55N10O21P3S2/c1-4-18(32(51)52)43-29(49)19(13-69)42-22(46)7-5-6-17(35)33(53)70-11-10-37-21(45)8-9-38-30(50)26(48)34(2,3)14-62-68(59,60)65-67(57,58)61-12-20-25(64-66(54,55)56)24(47)31(63-20)44-16-41-23-27(36)39-15-40-28(23)44/h4,15-20,24-26,31,47-48,69H,1,5-14,35H2,2-3H3,(H,37,45)(H,38,50)(H,42,46)(H,43,49)(H,51,52)(H,57,58)(H,59,60)(H2,36,39,40)(H2,54,55,56). The van der Waals surface area contributed by atoms with E-state index in [-0.39, 0.29) is 67.3 Å². The molecule has 0 radical (unpaired) electrons. The number of aliphatic hydroxyl groups is 2. The number of hydrogen-bond donors (Lipinski definition) is 14. The number of nitrogens with zero attached hydrogens (tertiary/aromatic N) is 4. The van der Waals surface area contributed by atoms with Gasteiger partial charge in [0, 0.05) is 42.9 Å². The lowest BCUT2D eigenvalue weighted by molar-refractivity contribution is -0.140. The Balaban J connectivity index is 1.37. The zero-order valence-corrected chi connectivity index (χ0v) is 41.5. The summed E-state index contributed by atoms with van der Waals surface area (Å²) in [6.45, 7) is 3.35. The number of carboxylic acid groups (broad SMARTS) is 1. The molecule has 70 heavy (non-hydrogen) atoms. The smallest absolute Gasteiger partial charge is 0.479 e. The van der Waals surface area contributed by atoms with Crippen LogP contribution in [0.25, 0.3) is 11.2 Å². The molecule has 0 bridgehead atoms. The van der Waals surface area contributed by atoms with E-state index in [0.717, 1.165) is 35.1 Å². The normalized spacial score (nSPS) is 20.8. The van der Waals surface area contributed by atoms with Crippen LogP contribution in [0.5, 0.6) is 0 Å². The first-order valence-corrected chi connectivity index (χ1v) is 26.5. The number of ether oxygens (including phenoxy) is 1. The Morgan fingerprint density at radius 2 is 1.67 bits per heavy atom. The van der Waals surface area contributed by atoms with E-state index in [1.165, 1.54) is 13.8 Å². The first-order chi connectivity index (χ1) is 32.5. The minimum Gasteiger partial charge on any atom is -0.479 e. The second-order valence-electron chi connectivity index (χ2n) is 15.6. The van der Waals surface area contributed by atoms with Gasteiger partial charge in [0.1, 0.15) is 48.3 Å². The van der Waals surface area contributed by atoms with Gasteiger partial charge in [-0.15, -0.1) is 6.58 Å². The Morgan fingerprint density at radius 3 is 2.30 bits per heavy atom. The highest BCUT2D eigenvalue weighted by atomic mass is 32.2. The fourth-order valence-electron chi connectivity index (χ4n) is 5.93. The monoisotopic (exact) mass is 1100 g/mol. The number of nitrogen functional groups attached to an aromatic ring is 1. The predicted molar refractivity (Wildman–Crippen MR) is 244 cm³/mol. The predicted octanol–water partition coefficient (Wildman–Crippen LogP) is -2.67. The number of carbonyl (C=O) groups excluding carboxylic acids is 5. The average Bonchev–Trinajstić information content (AvgIpc) is 3.83. The summed E-state index contributed by atoms with van der Waals surface area (Å²) in [7, 11) is -16.5. The third-order valence-electron chi connectivity index (χ3n) is 9.60. The molecule has 1 aliphatic heterocycles. The van der Waals surface area contributed by atoms with Gasteiger partial charge >= 0.3 is 29.4 Å². The molecule has 3 rings (SSSR count). The van der Waals surface area contributed by atoms with Crippen molar-refractivity contribution in [1.82, 2.24) is 40.8 Å². The molecule has 1 aliphatic rings. The van der Waals surface area contributed by atoms with Gasteiger partial charge in [-0.1, -0.05) is 31.7 Å². The number of anilines is 1. The van der Waals surface area contributed by atoms with Crippen molar-refractivity contribution >= 4 is 99.6 Å². The van der Waals surface area contributed by atoms with Crippen molar-refractivity contribution in [3.8, 4) is 0 Å². The fraction of sp³-hybridized carbons (Fsp3) is 0.618. The molecular weight excluding hydrogens is 1040 g/mol. The van der Waals surface area contributed by atoms with Crippen LogP contribution in [-0.2, 0) is 65.1 Å². The zero-order valence-electron chi connectivity index (χ0n) is 37.1. The van der Waals surface area contributed by atoms with E-state index in [1.54, 1.807) is 0 Å². The van der Waals surface area contributed by atoms with Crippen molar-refractivity contribution in [3.05, 3.63) is 25.3 Å². The summed E-state index contributed by atoms with van der Waals surface area (Å²) >= 11 is 4.83. The van der Waals surface area contributed by atoms with Crippen LogP contribution < -0.4 is 32.7 Å². The number of amides is 4. The molecule has 4 amide bonds. The van der Waals surface area contributed by atoms with Gasteiger partial charge in [-0.25, -0.2) is 33.4 Å². The number of carboxylic acids is 1. The number of thioether (sulfide) groups is 1. The molecule has 10 atom stereocenters. The van der Waals surface area contributed by atoms with Crippen LogP contribution in [0.3, 0.4) is 0 Å². The number of imidazole rings is 1. The summed E-state index contributed by atoms with van der Waals surface area (Å²) in [6, 6.07) is -3.45. The quantitative estimate of drug-likeness (QED) is 0.0164. The Bertz CT molecular complexity index is 2350. The lowest BCUT2D eigenvalue weighted by Crippen LogP contribution is -2.51. The van der Waals surface area contributed by atoms with Crippen molar-refractivity contribution < 1.29 is 100.0 Å². The summed E-state index contributed by atoms with van der Waals surface area (Å²) in [5.74, 6) is -4.36. The van der Waals surface area contributed by atoms with Crippen LogP contribution >= 0.6 is 47.9 Å². The van der Waals surface area contributed by atoms with Gasteiger partial charge in [0.05, 0.1) is 25.6 Å². The van der Waals surface area contributed by atoms with E-state index < -0.39 is 126 Å². The molecule has 0 aliphatic carbocycles. The molecule has 2 aromatic heterocycles. The number of fused-ring (bicyclic) bond motifs is 1. The molecule has 31 nitrogen and oxygen atoms in total. The van der Waals surface area contributed by atoms with E-state index in [0.29, 0.717) is 0 Å². The third kappa shape index (κ3) is 18.9. The summed E-state index contributed by atoms with van der Waals surface area (Å²) in [5, 5.41) is 39.6. The van der Waals surface area contributed by atoms with Crippen molar-refractivity contribution in [3.63, 3.8) is 0 Å². The number of aliphatic hydroxyl groups excluding tert-OH is 2. The lowest BCUT2D eigenvalue weighted by atomic mass is 9.87. The van der Waals surface area contributed by atoms with Crippen molar-refractivity contribution in [1.29, 1.82) is 0 Å². The number of carbonyl (C=O) groups is 6. The van der Waals surface area contributed by atoms with Gasteiger partial charge in [-0.2, -0.15) is 16.9 Å². The first-order valence-electron chi connectivity index (χ1n) is 20.4. The number of rotatable bonds is 30. The topological polar surface area (TPSA) is 485 Å². The van der Waals surface area contributed by atoms with Crippen LogP contribution in [0.15, 0.2) is 25.3 Å². The van der Waals surface area contributed by atoms with Gasteiger partial charge in [0.2, 0.25) is 28.7 Å². The number of hydrogen-bond acceptors (Lipinski definition) is 23. The summed E-state index contributed by atoms with van der Waals surface area (Å²) < 4.78 is 62.3. The maximum Gasteiger partial charge on any atom is 0.481 e. The summed E-state index contributed by atoms with van der Waals surface area (Å²) in [4.78, 5) is 124. The highest BCUT2D eigenvalue weighted by Gasteiger charge is 2.50. The summed E-state index contributed by atoms with van der Waals surface area (Å²) in [5.41, 5.74) is 10.1. The van der Waals surface area contributed by atoms with E-state index in [4.69, 9.17) is 30.4 Å². The number of aromatic nitrogens is 4. The summed E-state index contributed by atoms with van der Waals surface area (Å²) in [6.07, 6.45) is -6.08. The Kier molecular flexibility index (Phi) is 23.0.